The Labute approximate surface area is 86.2 Å². The first kappa shape index (κ1) is 12.3. The molecule has 0 amide bonds. The van der Waals surface area contributed by atoms with E-state index >= 15 is 0 Å². The predicted molar refractivity (Wildman–Crippen MR) is 53.3 cm³/mol. The van der Waals surface area contributed by atoms with Gasteiger partial charge in [0.05, 0.1) is 0 Å². The summed E-state index contributed by atoms with van der Waals surface area (Å²) in [4.78, 5) is 17.8. The molecule has 84 valence electrons. The fourth-order valence-electron chi connectivity index (χ4n) is 1.12. The van der Waals surface area contributed by atoms with Crippen LogP contribution >= 0.6 is 7.60 Å². The highest BCUT2D eigenvalue weighted by Gasteiger charge is 2.27. The SMILES string of the molecule is NNC(Cc1ccc(F)cc1)P(=O)(O)O. The molecule has 5 nitrogen and oxygen atoms in total. The van der Waals surface area contributed by atoms with Gasteiger partial charge in [0.1, 0.15) is 11.6 Å². The van der Waals surface area contributed by atoms with Gasteiger partial charge in [-0.05, 0) is 17.7 Å². The van der Waals surface area contributed by atoms with Crippen LogP contribution in [0.15, 0.2) is 24.3 Å². The third-order valence-electron chi connectivity index (χ3n) is 1.94. The first-order chi connectivity index (χ1) is 6.93. The van der Waals surface area contributed by atoms with Crippen LogP contribution in [-0.2, 0) is 11.0 Å². The smallest absolute Gasteiger partial charge is 0.323 e. The number of hydrogen-bond acceptors (Lipinski definition) is 3. The number of halogens is 1. The normalized spacial score (nSPS) is 13.9. The number of hydrazine groups is 1. The summed E-state index contributed by atoms with van der Waals surface area (Å²) in [5.41, 5.74) is 2.65. The van der Waals surface area contributed by atoms with Crippen LogP contribution in [0.2, 0.25) is 0 Å². The zero-order valence-electron chi connectivity index (χ0n) is 7.80. The van der Waals surface area contributed by atoms with Gasteiger partial charge in [-0.1, -0.05) is 12.1 Å². The van der Waals surface area contributed by atoms with Crippen LogP contribution in [0.4, 0.5) is 4.39 Å². The highest BCUT2D eigenvalue weighted by atomic mass is 31.2. The Morgan fingerprint density at radius 1 is 1.40 bits per heavy atom. The van der Waals surface area contributed by atoms with Gasteiger partial charge < -0.3 is 9.79 Å². The molecule has 0 fully saturated rings. The van der Waals surface area contributed by atoms with Crippen LogP contribution in [0.5, 0.6) is 0 Å². The highest BCUT2D eigenvalue weighted by molar-refractivity contribution is 7.52. The standard InChI is InChI=1S/C8H12FN2O3P/c9-7-3-1-6(2-4-7)5-8(11-10)15(12,13)14/h1-4,8,11H,5,10H2,(H2,12,13,14). The second-order valence-corrected chi connectivity index (χ2v) is 4.90. The molecule has 1 aromatic carbocycles. The number of hydrogen-bond donors (Lipinski definition) is 4. The van der Waals surface area contributed by atoms with E-state index < -0.39 is 19.2 Å². The lowest BCUT2D eigenvalue weighted by Gasteiger charge is -2.16. The number of rotatable bonds is 4. The van der Waals surface area contributed by atoms with E-state index in [1.807, 2.05) is 5.43 Å². The molecular formula is C8H12FN2O3P. The van der Waals surface area contributed by atoms with Gasteiger partial charge in [-0.2, -0.15) is 0 Å². The molecule has 0 bridgehead atoms. The summed E-state index contributed by atoms with van der Waals surface area (Å²) in [5, 5.41) is 0. The third-order valence-corrected chi connectivity index (χ3v) is 3.08. The molecule has 1 aromatic rings. The molecule has 1 atom stereocenters. The van der Waals surface area contributed by atoms with Crippen molar-refractivity contribution >= 4 is 7.60 Å². The molecule has 7 heteroatoms. The largest absolute Gasteiger partial charge is 0.343 e. The number of nitrogens with two attached hydrogens (primary N) is 1. The molecule has 0 aliphatic heterocycles. The molecule has 0 aliphatic rings. The minimum Gasteiger partial charge on any atom is -0.323 e. The highest BCUT2D eigenvalue weighted by Crippen LogP contribution is 2.40. The molecule has 1 rings (SSSR count). The van der Waals surface area contributed by atoms with Crippen molar-refractivity contribution in [2.75, 3.05) is 0 Å². The van der Waals surface area contributed by atoms with Crippen molar-refractivity contribution < 1.29 is 18.7 Å². The average molecular weight is 234 g/mol. The summed E-state index contributed by atoms with van der Waals surface area (Å²) in [6.07, 6.45) is 0.0427. The van der Waals surface area contributed by atoms with Gasteiger partial charge in [-0.25, -0.2) is 9.82 Å². The van der Waals surface area contributed by atoms with Crippen molar-refractivity contribution in [2.45, 2.75) is 12.2 Å². The number of nitrogens with one attached hydrogen (secondary N) is 1. The Morgan fingerprint density at radius 3 is 2.33 bits per heavy atom. The first-order valence-electron chi connectivity index (χ1n) is 4.19. The van der Waals surface area contributed by atoms with Crippen molar-refractivity contribution in [1.82, 2.24) is 5.43 Å². The topological polar surface area (TPSA) is 95.6 Å². The Balaban J connectivity index is 2.76. The van der Waals surface area contributed by atoms with Crippen molar-refractivity contribution in [2.24, 2.45) is 5.84 Å². The summed E-state index contributed by atoms with van der Waals surface area (Å²) >= 11 is 0. The predicted octanol–water partition coefficient (Wildman–Crippen LogP) is 0.335. The molecular weight excluding hydrogens is 222 g/mol. The van der Waals surface area contributed by atoms with Crippen molar-refractivity contribution in [3.8, 4) is 0 Å². The Bertz CT molecular complexity index is 365. The van der Waals surface area contributed by atoms with Crippen LogP contribution < -0.4 is 11.3 Å². The molecule has 0 aliphatic carbocycles. The summed E-state index contributed by atoms with van der Waals surface area (Å²) in [5.74, 6) is 3.47. The molecule has 0 heterocycles. The summed E-state index contributed by atoms with van der Waals surface area (Å²) in [7, 11) is -4.28. The molecule has 1 unspecified atom stereocenters. The Kier molecular flexibility index (Phi) is 3.96. The number of benzene rings is 1. The van der Waals surface area contributed by atoms with Crippen molar-refractivity contribution in [3.63, 3.8) is 0 Å². The molecule has 0 saturated carbocycles. The maximum Gasteiger partial charge on any atom is 0.343 e. The van der Waals surface area contributed by atoms with Gasteiger partial charge in [-0.3, -0.25) is 10.4 Å². The van der Waals surface area contributed by atoms with Gasteiger partial charge in [0.2, 0.25) is 0 Å². The second kappa shape index (κ2) is 4.83. The Morgan fingerprint density at radius 2 is 1.93 bits per heavy atom. The van der Waals surface area contributed by atoms with Crippen LogP contribution in [-0.4, -0.2) is 15.6 Å². The Hall–Kier alpha value is -0.780. The fourth-order valence-corrected chi connectivity index (χ4v) is 1.76. The maximum absolute atomic E-state index is 12.5. The average Bonchev–Trinajstić information content (AvgIpc) is 2.15. The van der Waals surface area contributed by atoms with Crippen LogP contribution in [0.3, 0.4) is 0 Å². The van der Waals surface area contributed by atoms with E-state index in [-0.39, 0.29) is 6.42 Å². The lowest BCUT2D eigenvalue weighted by Crippen LogP contribution is -2.36. The molecule has 0 aromatic heterocycles. The summed E-state index contributed by atoms with van der Waals surface area (Å²) < 4.78 is 23.5. The summed E-state index contributed by atoms with van der Waals surface area (Å²) in [6, 6.07) is 5.36. The first-order valence-corrected chi connectivity index (χ1v) is 5.87. The zero-order chi connectivity index (χ0) is 11.5. The van der Waals surface area contributed by atoms with Gasteiger partial charge in [0.15, 0.2) is 0 Å². The minimum atomic E-state index is -4.28. The quantitative estimate of drug-likeness (QED) is 0.342. The van der Waals surface area contributed by atoms with E-state index in [0.29, 0.717) is 5.56 Å². The second-order valence-electron chi connectivity index (χ2n) is 3.10. The molecule has 5 N–H and O–H groups in total. The van der Waals surface area contributed by atoms with E-state index in [2.05, 4.69) is 0 Å². The maximum atomic E-state index is 12.5. The molecule has 0 spiro atoms. The van der Waals surface area contributed by atoms with Gasteiger partial charge in [-0.15, -0.1) is 0 Å². The van der Waals surface area contributed by atoms with Gasteiger partial charge in [0, 0.05) is 6.42 Å². The summed E-state index contributed by atoms with van der Waals surface area (Å²) in [6.45, 7) is 0. The van der Waals surface area contributed by atoms with E-state index in [1.165, 1.54) is 24.3 Å². The lowest BCUT2D eigenvalue weighted by atomic mass is 10.1. The van der Waals surface area contributed by atoms with Crippen molar-refractivity contribution in [3.05, 3.63) is 35.6 Å². The van der Waals surface area contributed by atoms with Crippen LogP contribution in [0, 0.1) is 5.82 Å². The third kappa shape index (κ3) is 3.70. The molecule has 0 saturated heterocycles. The fraction of sp³-hybridized carbons (Fsp3) is 0.250. The van der Waals surface area contributed by atoms with Crippen molar-refractivity contribution in [1.29, 1.82) is 0 Å². The minimum absolute atomic E-state index is 0.0427. The van der Waals surface area contributed by atoms with E-state index in [9.17, 15) is 8.96 Å². The van der Waals surface area contributed by atoms with Crippen LogP contribution in [0.1, 0.15) is 5.56 Å². The van der Waals surface area contributed by atoms with E-state index in [1.54, 1.807) is 0 Å². The lowest BCUT2D eigenvalue weighted by molar-refractivity contribution is 0.346. The van der Waals surface area contributed by atoms with E-state index in [0.717, 1.165) is 0 Å². The molecule has 0 radical (unpaired) electrons. The van der Waals surface area contributed by atoms with Gasteiger partial charge >= 0.3 is 7.60 Å². The van der Waals surface area contributed by atoms with E-state index in [4.69, 9.17) is 15.6 Å². The monoisotopic (exact) mass is 234 g/mol. The van der Waals surface area contributed by atoms with Gasteiger partial charge in [0.25, 0.3) is 0 Å². The zero-order valence-corrected chi connectivity index (χ0v) is 8.69. The molecule has 15 heavy (non-hydrogen) atoms. The van der Waals surface area contributed by atoms with Crippen LogP contribution in [0.25, 0.3) is 0 Å².